The zero-order valence-electron chi connectivity index (χ0n) is 10.5. The van der Waals surface area contributed by atoms with Gasteiger partial charge >= 0.3 is 0 Å². The molecule has 88 valence electrons. The van der Waals surface area contributed by atoms with Crippen molar-refractivity contribution in [3.05, 3.63) is 0 Å². The first-order valence-electron chi connectivity index (χ1n) is 6.64. The van der Waals surface area contributed by atoms with Gasteiger partial charge in [-0.25, -0.2) is 0 Å². The molecule has 4 unspecified atom stereocenters. The summed E-state index contributed by atoms with van der Waals surface area (Å²) in [4.78, 5) is 2.71. The highest BCUT2D eigenvalue weighted by Gasteiger charge is 2.30. The Morgan fingerprint density at radius 1 is 1.27 bits per heavy atom. The SMILES string of the molecule is CC1CC(C)C(C)N(CC2CCCN2)C1. The molecule has 0 aliphatic carbocycles. The van der Waals surface area contributed by atoms with Crippen molar-refractivity contribution in [1.82, 2.24) is 10.2 Å². The molecule has 2 nitrogen and oxygen atoms in total. The Morgan fingerprint density at radius 2 is 2.07 bits per heavy atom. The summed E-state index contributed by atoms with van der Waals surface area (Å²) >= 11 is 0. The van der Waals surface area contributed by atoms with Crippen LogP contribution in [0.15, 0.2) is 0 Å². The highest BCUT2D eigenvalue weighted by Crippen LogP contribution is 2.27. The normalized spacial score (nSPS) is 43.4. The van der Waals surface area contributed by atoms with Crippen LogP contribution in [-0.2, 0) is 0 Å². The smallest absolute Gasteiger partial charge is 0.0195 e. The Morgan fingerprint density at radius 3 is 2.73 bits per heavy atom. The van der Waals surface area contributed by atoms with Gasteiger partial charge in [0.15, 0.2) is 0 Å². The van der Waals surface area contributed by atoms with Crippen molar-refractivity contribution >= 4 is 0 Å². The highest BCUT2D eigenvalue weighted by atomic mass is 15.2. The molecule has 1 N–H and O–H groups in total. The van der Waals surface area contributed by atoms with Crippen LogP contribution in [0.25, 0.3) is 0 Å². The van der Waals surface area contributed by atoms with Gasteiger partial charge in [-0.1, -0.05) is 13.8 Å². The molecule has 15 heavy (non-hydrogen) atoms. The summed E-state index contributed by atoms with van der Waals surface area (Å²) in [5.41, 5.74) is 0. The van der Waals surface area contributed by atoms with Gasteiger partial charge in [-0.2, -0.15) is 0 Å². The van der Waals surface area contributed by atoms with E-state index in [-0.39, 0.29) is 0 Å². The lowest BCUT2D eigenvalue weighted by Crippen LogP contribution is -2.50. The Hall–Kier alpha value is -0.0800. The second-order valence-electron chi connectivity index (χ2n) is 5.81. The summed E-state index contributed by atoms with van der Waals surface area (Å²) in [6, 6.07) is 1.55. The van der Waals surface area contributed by atoms with Gasteiger partial charge in [0, 0.05) is 25.2 Å². The third-order valence-corrected chi connectivity index (χ3v) is 4.34. The first-order chi connectivity index (χ1) is 7.16. The van der Waals surface area contributed by atoms with Crippen molar-refractivity contribution in [2.45, 2.75) is 52.1 Å². The van der Waals surface area contributed by atoms with Gasteiger partial charge in [-0.05, 0) is 44.6 Å². The van der Waals surface area contributed by atoms with Gasteiger partial charge in [0.05, 0.1) is 0 Å². The molecule has 2 heterocycles. The largest absolute Gasteiger partial charge is 0.313 e. The number of hydrogen-bond donors (Lipinski definition) is 1. The molecular formula is C13H26N2. The van der Waals surface area contributed by atoms with E-state index in [0.29, 0.717) is 0 Å². The summed E-state index contributed by atoms with van der Waals surface area (Å²) in [5, 5.41) is 3.61. The van der Waals surface area contributed by atoms with E-state index in [1.165, 1.54) is 38.9 Å². The molecule has 2 rings (SSSR count). The van der Waals surface area contributed by atoms with E-state index >= 15 is 0 Å². The zero-order chi connectivity index (χ0) is 10.8. The molecule has 0 radical (unpaired) electrons. The predicted octanol–water partition coefficient (Wildman–Crippen LogP) is 2.10. The van der Waals surface area contributed by atoms with Crippen LogP contribution in [0, 0.1) is 11.8 Å². The lowest BCUT2D eigenvalue weighted by molar-refractivity contribution is 0.0723. The summed E-state index contributed by atoms with van der Waals surface area (Å²) in [5.74, 6) is 1.76. The molecule has 2 aliphatic rings. The van der Waals surface area contributed by atoms with E-state index in [1.807, 2.05) is 0 Å². The average molecular weight is 210 g/mol. The van der Waals surface area contributed by atoms with Crippen molar-refractivity contribution in [2.24, 2.45) is 11.8 Å². The van der Waals surface area contributed by atoms with Crippen LogP contribution in [0.5, 0.6) is 0 Å². The Labute approximate surface area is 94.4 Å². The maximum absolute atomic E-state index is 3.61. The molecule has 2 aliphatic heterocycles. The van der Waals surface area contributed by atoms with Crippen LogP contribution < -0.4 is 5.32 Å². The Kier molecular flexibility index (Phi) is 3.68. The van der Waals surface area contributed by atoms with E-state index in [0.717, 1.165) is 23.9 Å². The van der Waals surface area contributed by atoms with Gasteiger partial charge in [0.2, 0.25) is 0 Å². The number of nitrogens with one attached hydrogen (secondary N) is 1. The van der Waals surface area contributed by atoms with Gasteiger partial charge in [-0.3, -0.25) is 4.90 Å². The number of likely N-dealkylation sites (tertiary alicyclic amines) is 1. The fraction of sp³-hybridized carbons (Fsp3) is 1.00. The lowest BCUT2D eigenvalue weighted by atomic mass is 9.85. The fourth-order valence-electron chi connectivity index (χ4n) is 3.27. The molecule has 0 aromatic carbocycles. The molecule has 0 bridgehead atoms. The molecule has 0 amide bonds. The van der Waals surface area contributed by atoms with E-state index in [9.17, 15) is 0 Å². The number of rotatable bonds is 2. The van der Waals surface area contributed by atoms with E-state index in [2.05, 4.69) is 31.0 Å². The standard InChI is InChI=1S/C13H26N2/c1-10-7-11(2)12(3)15(8-10)9-13-5-4-6-14-13/h10-14H,4-9H2,1-3H3. The molecule has 0 saturated carbocycles. The summed E-state index contributed by atoms with van der Waals surface area (Å²) in [6.45, 7) is 11.0. The van der Waals surface area contributed by atoms with Crippen LogP contribution in [0.4, 0.5) is 0 Å². The monoisotopic (exact) mass is 210 g/mol. The van der Waals surface area contributed by atoms with Gasteiger partial charge in [0.1, 0.15) is 0 Å². The van der Waals surface area contributed by atoms with Crippen molar-refractivity contribution in [2.75, 3.05) is 19.6 Å². The summed E-state index contributed by atoms with van der Waals surface area (Å²) in [6.07, 6.45) is 4.17. The van der Waals surface area contributed by atoms with Crippen molar-refractivity contribution < 1.29 is 0 Å². The van der Waals surface area contributed by atoms with Crippen LogP contribution in [0.2, 0.25) is 0 Å². The molecule has 4 atom stereocenters. The van der Waals surface area contributed by atoms with Crippen LogP contribution in [0.1, 0.15) is 40.0 Å². The van der Waals surface area contributed by atoms with Crippen LogP contribution in [0.3, 0.4) is 0 Å². The maximum Gasteiger partial charge on any atom is 0.0195 e. The molecule has 0 spiro atoms. The lowest BCUT2D eigenvalue weighted by Gasteiger charge is -2.42. The zero-order valence-corrected chi connectivity index (χ0v) is 10.5. The van der Waals surface area contributed by atoms with Crippen molar-refractivity contribution in [3.8, 4) is 0 Å². The second kappa shape index (κ2) is 4.84. The van der Waals surface area contributed by atoms with Gasteiger partial charge in [0.25, 0.3) is 0 Å². The molecular weight excluding hydrogens is 184 g/mol. The Balaban J connectivity index is 1.88. The number of nitrogens with zero attached hydrogens (tertiary/aromatic N) is 1. The third kappa shape index (κ3) is 2.73. The number of hydrogen-bond acceptors (Lipinski definition) is 2. The second-order valence-corrected chi connectivity index (χ2v) is 5.81. The topological polar surface area (TPSA) is 15.3 Å². The van der Waals surface area contributed by atoms with Crippen LogP contribution in [-0.4, -0.2) is 36.6 Å². The summed E-state index contributed by atoms with van der Waals surface area (Å²) < 4.78 is 0. The predicted molar refractivity (Wildman–Crippen MR) is 65.0 cm³/mol. The molecule has 2 saturated heterocycles. The number of piperidine rings is 1. The minimum absolute atomic E-state index is 0.768. The molecule has 2 heteroatoms. The van der Waals surface area contributed by atoms with Gasteiger partial charge < -0.3 is 5.32 Å². The van der Waals surface area contributed by atoms with Crippen molar-refractivity contribution in [1.29, 1.82) is 0 Å². The molecule has 2 fully saturated rings. The molecule has 0 aromatic heterocycles. The molecule has 0 aromatic rings. The quantitative estimate of drug-likeness (QED) is 0.751. The minimum Gasteiger partial charge on any atom is -0.313 e. The first kappa shape index (κ1) is 11.4. The first-order valence-corrected chi connectivity index (χ1v) is 6.64. The Bertz CT molecular complexity index is 199. The minimum atomic E-state index is 0.768. The fourth-order valence-corrected chi connectivity index (χ4v) is 3.27. The van der Waals surface area contributed by atoms with E-state index in [4.69, 9.17) is 0 Å². The van der Waals surface area contributed by atoms with Crippen molar-refractivity contribution in [3.63, 3.8) is 0 Å². The third-order valence-electron chi connectivity index (χ3n) is 4.34. The summed E-state index contributed by atoms with van der Waals surface area (Å²) in [7, 11) is 0. The van der Waals surface area contributed by atoms with Gasteiger partial charge in [-0.15, -0.1) is 0 Å². The average Bonchev–Trinajstić information content (AvgIpc) is 2.66. The van der Waals surface area contributed by atoms with E-state index in [1.54, 1.807) is 0 Å². The highest BCUT2D eigenvalue weighted by molar-refractivity contribution is 4.86. The van der Waals surface area contributed by atoms with E-state index < -0.39 is 0 Å². The van der Waals surface area contributed by atoms with Crippen LogP contribution >= 0.6 is 0 Å². The maximum atomic E-state index is 3.61.